The molecule has 2 aromatic rings. The van der Waals surface area contributed by atoms with E-state index in [9.17, 15) is 9.90 Å². The highest BCUT2D eigenvalue weighted by Crippen LogP contribution is 2.34. The van der Waals surface area contributed by atoms with E-state index >= 15 is 4.39 Å². The van der Waals surface area contributed by atoms with Gasteiger partial charge in [-0.2, -0.15) is 0 Å². The molecule has 1 aromatic carbocycles. The van der Waals surface area contributed by atoms with E-state index in [1.165, 1.54) is 5.56 Å². The Morgan fingerprint density at radius 1 is 1.36 bits per heavy atom. The van der Waals surface area contributed by atoms with Crippen LogP contribution in [0.15, 0.2) is 36.4 Å². The molecule has 0 saturated carbocycles. The summed E-state index contributed by atoms with van der Waals surface area (Å²) < 4.78 is 27.2. The van der Waals surface area contributed by atoms with Crippen molar-refractivity contribution in [1.82, 2.24) is 9.88 Å². The highest BCUT2D eigenvalue weighted by atomic mass is 19.1. The van der Waals surface area contributed by atoms with Gasteiger partial charge in [0.2, 0.25) is 0 Å². The molecule has 2 saturated heterocycles. The van der Waals surface area contributed by atoms with Gasteiger partial charge in [-0.25, -0.2) is 9.37 Å². The first-order chi connectivity index (χ1) is 17.5. The lowest BCUT2D eigenvalue weighted by Gasteiger charge is -2.25. The minimum absolute atomic E-state index is 0.00216. The largest absolute Gasteiger partial charge is 0.488 e. The van der Waals surface area contributed by atoms with Gasteiger partial charge in [0, 0.05) is 44.2 Å². The number of aryl methyl sites for hydroxylation is 2. The zero-order valence-electron chi connectivity index (χ0n) is 20.8. The number of nitrogens with one attached hydrogen (secondary N) is 1. The summed E-state index contributed by atoms with van der Waals surface area (Å²) >= 11 is 0. The van der Waals surface area contributed by atoms with E-state index in [4.69, 9.17) is 14.5 Å². The van der Waals surface area contributed by atoms with E-state index < -0.39 is 11.6 Å². The maximum absolute atomic E-state index is 15.8. The second-order valence-electron chi connectivity index (χ2n) is 10.4. The Morgan fingerprint density at radius 2 is 2.28 bits per heavy atom. The van der Waals surface area contributed by atoms with Gasteiger partial charge in [0.25, 0.3) is 0 Å². The van der Waals surface area contributed by atoms with Crippen LogP contribution in [0.25, 0.3) is 0 Å². The third kappa shape index (κ3) is 6.34. The standard InChI is InChI=1S/C28H36FN3O4/c29-28(10-8-23-7-6-20-4-2-12-30-27(20)31-23)11-13-32(19-28)17-22(16-26(33)34)21-3-1-5-24(15-21)36-25-9-14-35-18-25/h1,3,5-7,15,22,25H,2,4,8-14,16-19H2,(H,30,31)(H,33,34). The highest BCUT2D eigenvalue weighted by molar-refractivity contribution is 5.68. The zero-order chi connectivity index (χ0) is 25.0. The molecule has 3 aliphatic heterocycles. The van der Waals surface area contributed by atoms with E-state index in [1.54, 1.807) is 0 Å². The fourth-order valence-corrected chi connectivity index (χ4v) is 5.59. The molecule has 5 rings (SSSR count). The summed E-state index contributed by atoms with van der Waals surface area (Å²) in [6.07, 6.45) is 4.52. The van der Waals surface area contributed by atoms with Crippen LogP contribution in [-0.2, 0) is 22.4 Å². The van der Waals surface area contributed by atoms with Gasteiger partial charge in [0.15, 0.2) is 0 Å². The van der Waals surface area contributed by atoms with Crippen LogP contribution in [0.5, 0.6) is 5.75 Å². The predicted molar refractivity (Wildman–Crippen MR) is 136 cm³/mol. The number of rotatable bonds is 10. The maximum atomic E-state index is 15.8. The van der Waals surface area contributed by atoms with Crippen LogP contribution < -0.4 is 10.1 Å². The number of aliphatic carboxylic acids is 1. The number of hydrogen-bond acceptors (Lipinski definition) is 6. The van der Waals surface area contributed by atoms with Crippen molar-refractivity contribution in [2.24, 2.45) is 0 Å². The summed E-state index contributed by atoms with van der Waals surface area (Å²) in [6.45, 7) is 3.67. The first kappa shape index (κ1) is 25.0. The molecule has 4 heterocycles. The van der Waals surface area contributed by atoms with Crippen molar-refractivity contribution in [2.75, 3.05) is 44.7 Å². The van der Waals surface area contributed by atoms with Crippen LogP contribution in [0.2, 0.25) is 0 Å². The molecular weight excluding hydrogens is 461 g/mol. The number of pyridine rings is 1. The lowest BCUT2D eigenvalue weighted by atomic mass is 9.94. The van der Waals surface area contributed by atoms with Crippen LogP contribution in [0.3, 0.4) is 0 Å². The van der Waals surface area contributed by atoms with Gasteiger partial charge in [0.1, 0.15) is 23.3 Å². The Bertz CT molecular complexity index is 1060. The molecule has 1 aromatic heterocycles. The van der Waals surface area contributed by atoms with Crippen molar-refractivity contribution in [3.8, 4) is 5.75 Å². The first-order valence-corrected chi connectivity index (χ1v) is 13.2. The fraction of sp³-hybridized carbons (Fsp3) is 0.571. The number of carboxylic acids is 1. The van der Waals surface area contributed by atoms with E-state index in [2.05, 4.69) is 16.3 Å². The van der Waals surface area contributed by atoms with Gasteiger partial charge in [-0.05, 0) is 61.4 Å². The van der Waals surface area contributed by atoms with Crippen molar-refractivity contribution in [2.45, 2.75) is 62.6 Å². The van der Waals surface area contributed by atoms with E-state index in [0.717, 1.165) is 48.6 Å². The molecule has 0 amide bonds. The second-order valence-corrected chi connectivity index (χ2v) is 10.4. The monoisotopic (exact) mass is 497 g/mol. The molecule has 3 aliphatic rings. The molecule has 0 bridgehead atoms. The molecule has 8 heteroatoms. The molecule has 3 atom stereocenters. The van der Waals surface area contributed by atoms with Gasteiger partial charge >= 0.3 is 5.97 Å². The molecule has 7 nitrogen and oxygen atoms in total. The number of anilines is 1. The molecule has 2 N–H and O–H groups in total. The third-order valence-electron chi connectivity index (χ3n) is 7.58. The number of alkyl halides is 1. The maximum Gasteiger partial charge on any atom is 0.304 e. The van der Waals surface area contributed by atoms with Gasteiger partial charge < -0.3 is 19.9 Å². The van der Waals surface area contributed by atoms with Crippen LogP contribution in [0.4, 0.5) is 10.2 Å². The van der Waals surface area contributed by atoms with E-state index in [-0.39, 0.29) is 18.4 Å². The number of benzene rings is 1. The first-order valence-electron chi connectivity index (χ1n) is 13.2. The number of nitrogens with zero attached hydrogens (tertiary/aromatic N) is 2. The Hall–Kier alpha value is -2.71. The third-order valence-corrected chi connectivity index (χ3v) is 7.58. The molecule has 2 fully saturated rings. The molecular formula is C28H36FN3O4. The average Bonchev–Trinajstić information content (AvgIpc) is 3.52. The smallest absolute Gasteiger partial charge is 0.304 e. The van der Waals surface area contributed by atoms with Crippen LogP contribution in [-0.4, -0.2) is 72.1 Å². The number of ether oxygens (including phenoxy) is 2. The average molecular weight is 498 g/mol. The van der Waals surface area contributed by atoms with Gasteiger partial charge in [0.05, 0.1) is 19.6 Å². The second kappa shape index (κ2) is 11.1. The molecule has 194 valence electrons. The van der Waals surface area contributed by atoms with Crippen molar-refractivity contribution in [3.63, 3.8) is 0 Å². The van der Waals surface area contributed by atoms with Crippen molar-refractivity contribution < 1.29 is 23.8 Å². The molecule has 36 heavy (non-hydrogen) atoms. The van der Waals surface area contributed by atoms with Gasteiger partial charge in [-0.15, -0.1) is 0 Å². The number of hydrogen-bond donors (Lipinski definition) is 2. The molecule has 0 spiro atoms. The minimum atomic E-state index is -1.29. The summed E-state index contributed by atoms with van der Waals surface area (Å²) in [4.78, 5) is 18.4. The van der Waals surface area contributed by atoms with Crippen LogP contribution in [0, 0.1) is 0 Å². The van der Waals surface area contributed by atoms with Gasteiger partial charge in [-0.3, -0.25) is 9.69 Å². The normalized spacial score (nSPS) is 24.8. The zero-order valence-corrected chi connectivity index (χ0v) is 20.8. The SMILES string of the molecule is O=C(O)CC(CN1CCC(F)(CCc2ccc3c(n2)NCCC3)C1)c1cccc(OC2CCOC2)c1. The number of likely N-dealkylation sites (tertiary alicyclic amines) is 1. The highest BCUT2D eigenvalue weighted by Gasteiger charge is 2.39. The lowest BCUT2D eigenvalue weighted by molar-refractivity contribution is -0.137. The Labute approximate surface area is 212 Å². The molecule has 0 aliphatic carbocycles. The van der Waals surface area contributed by atoms with E-state index in [0.29, 0.717) is 52.1 Å². The topological polar surface area (TPSA) is 83.9 Å². The Balaban J connectivity index is 1.19. The number of aromatic nitrogens is 1. The number of halogens is 1. The van der Waals surface area contributed by atoms with Crippen LogP contribution >= 0.6 is 0 Å². The van der Waals surface area contributed by atoms with E-state index in [1.807, 2.05) is 30.3 Å². The van der Waals surface area contributed by atoms with Crippen LogP contribution in [0.1, 0.15) is 54.8 Å². The lowest BCUT2D eigenvalue weighted by Crippen LogP contribution is -2.32. The Morgan fingerprint density at radius 3 is 3.11 bits per heavy atom. The summed E-state index contributed by atoms with van der Waals surface area (Å²) in [7, 11) is 0. The predicted octanol–water partition coefficient (Wildman–Crippen LogP) is 4.21. The van der Waals surface area contributed by atoms with Crippen molar-refractivity contribution >= 4 is 11.8 Å². The molecule has 3 unspecified atom stereocenters. The van der Waals surface area contributed by atoms with Crippen molar-refractivity contribution in [1.29, 1.82) is 0 Å². The number of fused-ring (bicyclic) bond motifs is 1. The van der Waals surface area contributed by atoms with Crippen molar-refractivity contribution in [3.05, 3.63) is 53.2 Å². The number of carboxylic acid groups (broad SMARTS) is 1. The minimum Gasteiger partial charge on any atom is -0.488 e. The van der Waals surface area contributed by atoms with Gasteiger partial charge in [-0.1, -0.05) is 18.2 Å². The summed E-state index contributed by atoms with van der Waals surface area (Å²) in [5.74, 6) is 0.588. The number of carbonyl (C=O) groups is 1. The summed E-state index contributed by atoms with van der Waals surface area (Å²) in [5, 5.41) is 12.9. The quantitative estimate of drug-likeness (QED) is 0.509. The Kier molecular flexibility index (Phi) is 7.72. The molecule has 0 radical (unpaired) electrons. The summed E-state index contributed by atoms with van der Waals surface area (Å²) in [6, 6.07) is 11.8. The fourth-order valence-electron chi connectivity index (χ4n) is 5.59. The summed E-state index contributed by atoms with van der Waals surface area (Å²) in [5.41, 5.74) is 1.79.